The van der Waals surface area contributed by atoms with Gasteiger partial charge in [0.05, 0.1) is 9.80 Å². The molecule has 1 rings (SSSR count). The molecule has 1 heterocycles. The van der Waals surface area contributed by atoms with Crippen molar-refractivity contribution in [2.75, 3.05) is 0 Å². The summed E-state index contributed by atoms with van der Waals surface area (Å²) in [4.78, 5) is 21.8. The van der Waals surface area contributed by atoms with Crippen LogP contribution in [-0.4, -0.2) is 16.9 Å². The minimum Gasteiger partial charge on any atom is -0.348 e. The average Bonchev–Trinajstić information content (AvgIpc) is 2.66. The summed E-state index contributed by atoms with van der Waals surface area (Å²) in [6.07, 6.45) is 5.53. The highest BCUT2D eigenvalue weighted by Gasteiger charge is 2.16. The molecule has 1 N–H and O–H groups in total. The van der Waals surface area contributed by atoms with Gasteiger partial charge >= 0.3 is 5.00 Å². The van der Waals surface area contributed by atoms with Crippen molar-refractivity contribution in [1.82, 2.24) is 5.32 Å². The summed E-state index contributed by atoms with van der Waals surface area (Å²) in [7, 11) is 0. The predicted octanol–water partition coefficient (Wildman–Crippen LogP) is 1.80. The Morgan fingerprint density at radius 3 is 2.94 bits per heavy atom. The van der Waals surface area contributed by atoms with Gasteiger partial charge in [-0.3, -0.25) is 14.9 Å². The molecule has 1 amide bonds. The van der Waals surface area contributed by atoms with E-state index in [-0.39, 0.29) is 17.0 Å². The van der Waals surface area contributed by atoms with Gasteiger partial charge in [0.15, 0.2) is 0 Å². The Labute approximate surface area is 96.6 Å². The molecule has 0 aliphatic heterocycles. The van der Waals surface area contributed by atoms with Crippen molar-refractivity contribution >= 4 is 22.2 Å². The summed E-state index contributed by atoms with van der Waals surface area (Å²) in [6, 6.07) is 2.60. The Hall–Kier alpha value is -1.87. The Kier molecular flexibility index (Phi) is 4.03. The molecule has 1 aromatic rings. The van der Waals surface area contributed by atoms with Gasteiger partial charge in [0.25, 0.3) is 5.91 Å². The van der Waals surface area contributed by atoms with Gasteiger partial charge in [0.1, 0.15) is 0 Å². The molecule has 0 radical (unpaired) electrons. The molecule has 0 bridgehead atoms. The zero-order valence-electron chi connectivity index (χ0n) is 8.60. The predicted molar refractivity (Wildman–Crippen MR) is 61.4 cm³/mol. The summed E-state index contributed by atoms with van der Waals surface area (Å²) < 4.78 is 0. The van der Waals surface area contributed by atoms with Gasteiger partial charge in [0, 0.05) is 18.5 Å². The van der Waals surface area contributed by atoms with E-state index >= 15 is 0 Å². The molecule has 6 heteroatoms. The number of amides is 1. The summed E-state index contributed by atoms with van der Waals surface area (Å²) in [5, 5.41) is 13.0. The molecule has 16 heavy (non-hydrogen) atoms. The lowest BCUT2D eigenvalue weighted by Gasteiger charge is -2.08. The number of terminal acetylenes is 1. The van der Waals surface area contributed by atoms with Crippen LogP contribution in [0.15, 0.2) is 12.1 Å². The SMILES string of the molecule is C#CCC(C)NC(=O)c1ccc([N+](=O)[O-])s1. The van der Waals surface area contributed by atoms with E-state index in [2.05, 4.69) is 11.2 Å². The monoisotopic (exact) mass is 238 g/mol. The largest absolute Gasteiger partial charge is 0.348 e. The van der Waals surface area contributed by atoms with Gasteiger partial charge in [-0.25, -0.2) is 0 Å². The van der Waals surface area contributed by atoms with Crippen molar-refractivity contribution < 1.29 is 9.72 Å². The first kappa shape index (κ1) is 12.2. The lowest BCUT2D eigenvalue weighted by Crippen LogP contribution is -2.31. The second-order valence-electron chi connectivity index (χ2n) is 3.18. The Balaban J connectivity index is 2.67. The Morgan fingerprint density at radius 1 is 1.75 bits per heavy atom. The second-order valence-corrected chi connectivity index (χ2v) is 4.24. The first-order valence-electron chi connectivity index (χ1n) is 4.53. The fourth-order valence-electron chi connectivity index (χ4n) is 1.07. The Bertz CT molecular complexity index is 447. The van der Waals surface area contributed by atoms with Crippen molar-refractivity contribution in [2.45, 2.75) is 19.4 Å². The third-order valence-electron chi connectivity index (χ3n) is 1.80. The summed E-state index contributed by atoms with van der Waals surface area (Å²) in [5.74, 6) is 2.10. The number of nitrogens with zero attached hydrogens (tertiary/aromatic N) is 1. The van der Waals surface area contributed by atoms with Crippen molar-refractivity contribution in [3.8, 4) is 12.3 Å². The first-order chi connectivity index (χ1) is 7.54. The van der Waals surface area contributed by atoms with Crippen molar-refractivity contribution in [2.24, 2.45) is 0 Å². The van der Waals surface area contributed by atoms with Crippen molar-refractivity contribution in [3.05, 3.63) is 27.1 Å². The molecule has 0 aliphatic rings. The molecule has 0 aliphatic carbocycles. The van der Waals surface area contributed by atoms with Gasteiger partial charge in [0.2, 0.25) is 0 Å². The van der Waals surface area contributed by atoms with Crippen molar-refractivity contribution in [1.29, 1.82) is 0 Å². The molecule has 1 aromatic heterocycles. The van der Waals surface area contributed by atoms with Crippen LogP contribution in [0.25, 0.3) is 0 Å². The highest BCUT2D eigenvalue weighted by molar-refractivity contribution is 7.17. The number of nitrogens with one attached hydrogen (secondary N) is 1. The lowest BCUT2D eigenvalue weighted by molar-refractivity contribution is -0.380. The van der Waals surface area contributed by atoms with Crippen molar-refractivity contribution in [3.63, 3.8) is 0 Å². The van der Waals surface area contributed by atoms with Crippen LogP contribution in [-0.2, 0) is 0 Å². The smallest absolute Gasteiger partial charge is 0.324 e. The summed E-state index contributed by atoms with van der Waals surface area (Å²) >= 11 is 0.846. The average molecular weight is 238 g/mol. The minimum atomic E-state index is -0.522. The van der Waals surface area contributed by atoms with Crippen LogP contribution in [0.5, 0.6) is 0 Å². The van der Waals surface area contributed by atoms with Crippen LogP contribution in [0.3, 0.4) is 0 Å². The third kappa shape index (κ3) is 3.07. The molecule has 5 nitrogen and oxygen atoms in total. The number of carbonyl (C=O) groups is 1. The lowest BCUT2D eigenvalue weighted by atomic mass is 10.2. The van der Waals surface area contributed by atoms with Crippen LogP contribution in [0.1, 0.15) is 23.0 Å². The zero-order chi connectivity index (χ0) is 12.1. The highest BCUT2D eigenvalue weighted by atomic mass is 32.1. The summed E-state index contributed by atoms with van der Waals surface area (Å²) in [5.41, 5.74) is 0. The van der Waals surface area contributed by atoms with Gasteiger partial charge in [-0.2, -0.15) is 0 Å². The number of hydrogen-bond acceptors (Lipinski definition) is 4. The van der Waals surface area contributed by atoms with Crippen LogP contribution >= 0.6 is 11.3 Å². The fraction of sp³-hybridized carbons (Fsp3) is 0.300. The normalized spacial score (nSPS) is 11.5. The van der Waals surface area contributed by atoms with Crippen LogP contribution in [0, 0.1) is 22.5 Å². The maximum Gasteiger partial charge on any atom is 0.324 e. The Morgan fingerprint density at radius 2 is 2.44 bits per heavy atom. The molecule has 0 saturated heterocycles. The molecule has 84 valence electrons. The number of nitro groups is 1. The molecule has 1 atom stereocenters. The number of rotatable bonds is 4. The molecule has 1 unspecified atom stereocenters. The topological polar surface area (TPSA) is 72.2 Å². The third-order valence-corrected chi connectivity index (χ3v) is 2.83. The number of thiophene rings is 1. The van der Waals surface area contributed by atoms with Crippen LogP contribution in [0.2, 0.25) is 0 Å². The molecular formula is C10H10N2O3S. The van der Waals surface area contributed by atoms with Gasteiger partial charge < -0.3 is 5.32 Å². The zero-order valence-corrected chi connectivity index (χ0v) is 9.41. The molecule has 0 spiro atoms. The van der Waals surface area contributed by atoms with Gasteiger partial charge in [-0.15, -0.1) is 12.3 Å². The molecular weight excluding hydrogens is 228 g/mol. The second kappa shape index (κ2) is 5.28. The molecule has 0 fully saturated rings. The summed E-state index contributed by atoms with van der Waals surface area (Å²) in [6.45, 7) is 1.78. The van der Waals surface area contributed by atoms with E-state index in [1.807, 2.05) is 0 Å². The number of carbonyl (C=O) groups excluding carboxylic acids is 1. The van der Waals surface area contributed by atoms with Gasteiger partial charge in [-0.1, -0.05) is 11.3 Å². The van der Waals surface area contributed by atoms with E-state index in [9.17, 15) is 14.9 Å². The molecule has 0 saturated carbocycles. The highest BCUT2D eigenvalue weighted by Crippen LogP contribution is 2.23. The minimum absolute atomic E-state index is 0.0465. The van der Waals surface area contributed by atoms with Gasteiger partial charge in [-0.05, 0) is 13.0 Å². The fourth-order valence-corrected chi connectivity index (χ4v) is 1.79. The van der Waals surface area contributed by atoms with Crippen LogP contribution < -0.4 is 5.32 Å². The van der Waals surface area contributed by atoms with E-state index in [0.29, 0.717) is 11.3 Å². The van der Waals surface area contributed by atoms with E-state index < -0.39 is 4.92 Å². The number of hydrogen-bond donors (Lipinski definition) is 1. The van der Waals surface area contributed by atoms with E-state index in [1.165, 1.54) is 12.1 Å². The van der Waals surface area contributed by atoms with E-state index in [1.54, 1.807) is 6.92 Å². The van der Waals surface area contributed by atoms with E-state index in [4.69, 9.17) is 6.42 Å². The standard InChI is InChI=1S/C10H10N2O3S/c1-3-4-7(2)11-10(13)8-5-6-9(16-8)12(14)15/h1,5-7H,4H2,2H3,(H,11,13). The van der Waals surface area contributed by atoms with E-state index in [0.717, 1.165) is 11.3 Å². The maximum atomic E-state index is 11.6. The maximum absolute atomic E-state index is 11.6. The molecule has 0 aromatic carbocycles. The quantitative estimate of drug-likeness (QED) is 0.494. The first-order valence-corrected chi connectivity index (χ1v) is 5.34. The van der Waals surface area contributed by atoms with Crippen LogP contribution in [0.4, 0.5) is 5.00 Å².